The molecule has 1 saturated heterocycles. The van der Waals surface area contributed by atoms with E-state index in [-0.39, 0.29) is 0 Å². The fourth-order valence-electron chi connectivity index (χ4n) is 2.91. The molecule has 0 saturated carbocycles. The van der Waals surface area contributed by atoms with Crippen molar-refractivity contribution in [2.75, 3.05) is 11.4 Å². The molecule has 0 bridgehead atoms. The number of halogens is 3. The molecule has 0 aliphatic carbocycles. The summed E-state index contributed by atoms with van der Waals surface area (Å²) in [5.41, 5.74) is 0.708. The van der Waals surface area contributed by atoms with Gasteiger partial charge in [-0.3, -0.25) is 4.98 Å². The number of benzene rings is 1. The van der Waals surface area contributed by atoms with E-state index < -0.39 is 18.3 Å². The fraction of sp³-hybridized carbons (Fsp3) is 0.400. The van der Waals surface area contributed by atoms with Gasteiger partial charge >= 0.3 is 6.18 Å². The zero-order chi connectivity index (χ0) is 15.0. The molecule has 2 heterocycles. The quantitative estimate of drug-likeness (QED) is 0.925. The van der Waals surface area contributed by atoms with Gasteiger partial charge in [-0.2, -0.15) is 13.2 Å². The third-order valence-electron chi connectivity index (χ3n) is 3.95. The molecule has 3 nitrogen and oxygen atoms in total. The molecule has 0 radical (unpaired) electrons. The van der Waals surface area contributed by atoms with E-state index in [2.05, 4.69) is 4.98 Å². The summed E-state index contributed by atoms with van der Waals surface area (Å²) >= 11 is 0. The maximum absolute atomic E-state index is 12.8. The smallest absolute Gasteiger partial charge is 0.382 e. The lowest BCUT2D eigenvalue weighted by atomic mass is 10.1. The van der Waals surface area contributed by atoms with Crippen molar-refractivity contribution in [3.05, 3.63) is 36.7 Å². The fourth-order valence-corrected chi connectivity index (χ4v) is 2.91. The maximum atomic E-state index is 12.8. The average molecular weight is 296 g/mol. The van der Waals surface area contributed by atoms with Crippen molar-refractivity contribution in [1.82, 2.24) is 4.98 Å². The first-order valence-electron chi connectivity index (χ1n) is 6.82. The molecule has 0 unspecified atom stereocenters. The van der Waals surface area contributed by atoms with Crippen molar-refractivity contribution >= 4 is 16.5 Å². The minimum atomic E-state index is -4.59. The van der Waals surface area contributed by atoms with Gasteiger partial charge in [-0.25, -0.2) is 0 Å². The summed E-state index contributed by atoms with van der Waals surface area (Å²) in [6.07, 6.45) is -2.55. The Balaban J connectivity index is 1.93. The Morgan fingerprint density at radius 3 is 2.81 bits per heavy atom. The van der Waals surface area contributed by atoms with Crippen molar-refractivity contribution < 1.29 is 18.3 Å². The van der Waals surface area contributed by atoms with Crippen LogP contribution in [0.3, 0.4) is 0 Å². The second kappa shape index (κ2) is 5.18. The number of aliphatic hydroxyl groups excluding tert-OH is 1. The van der Waals surface area contributed by atoms with Crippen molar-refractivity contribution in [3.8, 4) is 0 Å². The van der Waals surface area contributed by atoms with E-state index in [1.165, 1.54) is 0 Å². The van der Waals surface area contributed by atoms with Crippen LogP contribution in [0.1, 0.15) is 12.8 Å². The second-order valence-corrected chi connectivity index (χ2v) is 5.30. The van der Waals surface area contributed by atoms with E-state index >= 15 is 0 Å². The number of rotatable bonds is 2. The zero-order valence-electron chi connectivity index (χ0n) is 11.2. The van der Waals surface area contributed by atoms with Crippen molar-refractivity contribution in [2.45, 2.75) is 31.2 Å². The Kier molecular flexibility index (Phi) is 3.49. The maximum Gasteiger partial charge on any atom is 0.416 e. The third-order valence-corrected chi connectivity index (χ3v) is 3.95. The monoisotopic (exact) mass is 296 g/mol. The number of nitrogens with zero attached hydrogens (tertiary/aromatic N) is 2. The number of fused-ring (bicyclic) bond motifs is 1. The summed E-state index contributed by atoms with van der Waals surface area (Å²) < 4.78 is 38.3. The van der Waals surface area contributed by atoms with Crippen LogP contribution < -0.4 is 4.90 Å². The summed E-state index contributed by atoms with van der Waals surface area (Å²) in [5, 5.41) is 11.4. The van der Waals surface area contributed by atoms with E-state index in [9.17, 15) is 18.3 Å². The summed E-state index contributed by atoms with van der Waals surface area (Å²) in [4.78, 5) is 5.66. The van der Waals surface area contributed by atoms with Crippen LogP contribution in [0.5, 0.6) is 0 Å². The van der Waals surface area contributed by atoms with Gasteiger partial charge < -0.3 is 10.0 Å². The minimum Gasteiger partial charge on any atom is -0.382 e. The summed E-state index contributed by atoms with van der Waals surface area (Å²) in [7, 11) is 0. The van der Waals surface area contributed by atoms with Gasteiger partial charge in [-0.1, -0.05) is 6.07 Å². The second-order valence-electron chi connectivity index (χ2n) is 5.30. The van der Waals surface area contributed by atoms with Gasteiger partial charge in [0.2, 0.25) is 0 Å². The number of aromatic nitrogens is 1. The molecule has 0 amide bonds. The van der Waals surface area contributed by atoms with Gasteiger partial charge in [0.15, 0.2) is 6.10 Å². The van der Waals surface area contributed by atoms with E-state index in [1.54, 1.807) is 23.4 Å². The number of aliphatic hydroxyl groups is 1. The zero-order valence-corrected chi connectivity index (χ0v) is 11.2. The highest BCUT2D eigenvalue weighted by molar-refractivity contribution is 5.85. The van der Waals surface area contributed by atoms with Crippen LogP contribution in [0.2, 0.25) is 0 Å². The van der Waals surface area contributed by atoms with Gasteiger partial charge in [-0.15, -0.1) is 0 Å². The van der Waals surface area contributed by atoms with Crippen LogP contribution in [-0.2, 0) is 0 Å². The van der Waals surface area contributed by atoms with Crippen LogP contribution in [0, 0.1) is 0 Å². The normalized spacial score (nSPS) is 21.0. The van der Waals surface area contributed by atoms with Gasteiger partial charge in [-0.05, 0) is 36.4 Å². The van der Waals surface area contributed by atoms with Crippen molar-refractivity contribution in [3.63, 3.8) is 0 Å². The Morgan fingerprint density at radius 1 is 1.24 bits per heavy atom. The highest BCUT2D eigenvalue weighted by atomic mass is 19.4. The first-order chi connectivity index (χ1) is 9.97. The Labute approximate surface area is 120 Å². The predicted molar refractivity (Wildman–Crippen MR) is 74.2 cm³/mol. The van der Waals surface area contributed by atoms with E-state index in [4.69, 9.17) is 0 Å². The van der Waals surface area contributed by atoms with Crippen molar-refractivity contribution in [1.29, 1.82) is 0 Å². The van der Waals surface area contributed by atoms with Crippen LogP contribution in [0.4, 0.5) is 18.9 Å². The highest BCUT2D eigenvalue weighted by Gasteiger charge is 2.47. The number of hydrogen-bond acceptors (Lipinski definition) is 3. The first kappa shape index (κ1) is 14.1. The largest absolute Gasteiger partial charge is 0.416 e. The number of anilines is 1. The molecule has 1 aliphatic heterocycles. The highest BCUT2D eigenvalue weighted by Crippen LogP contribution is 2.34. The minimum absolute atomic E-state index is 0.342. The molecule has 2 atom stereocenters. The van der Waals surface area contributed by atoms with Gasteiger partial charge in [0.25, 0.3) is 0 Å². The van der Waals surface area contributed by atoms with Crippen LogP contribution in [0.15, 0.2) is 36.7 Å². The molecule has 2 aromatic rings. The topological polar surface area (TPSA) is 36.4 Å². The summed E-state index contributed by atoms with van der Waals surface area (Å²) in [6, 6.07) is 6.38. The Hall–Kier alpha value is -1.82. The molecule has 1 aliphatic rings. The van der Waals surface area contributed by atoms with E-state index in [0.717, 1.165) is 10.8 Å². The molecule has 0 spiro atoms. The van der Waals surface area contributed by atoms with Crippen molar-refractivity contribution in [2.24, 2.45) is 0 Å². The number of alkyl halides is 3. The molecule has 1 aromatic carbocycles. The van der Waals surface area contributed by atoms with Crippen LogP contribution in [-0.4, -0.2) is 35.0 Å². The average Bonchev–Trinajstić information content (AvgIpc) is 2.94. The first-order valence-corrected chi connectivity index (χ1v) is 6.82. The molecule has 1 N–H and O–H groups in total. The lowest BCUT2D eigenvalue weighted by Crippen LogP contribution is -2.47. The van der Waals surface area contributed by atoms with Gasteiger partial charge in [0.05, 0.1) is 6.04 Å². The molecule has 112 valence electrons. The SMILES string of the molecule is O[C@@H]([C@H]1CCCN1c1ccc2cnccc2c1)C(F)(F)F. The molecular formula is C15H15F3N2O. The Morgan fingerprint density at radius 2 is 2.05 bits per heavy atom. The van der Waals surface area contributed by atoms with Crippen LogP contribution in [0.25, 0.3) is 10.8 Å². The van der Waals surface area contributed by atoms with Gasteiger partial charge in [0.1, 0.15) is 0 Å². The van der Waals surface area contributed by atoms with Gasteiger partial charge in [0, 0.05) is 30.0 Å². The summed E-state index contributed by atoms with van der Waals surface area (Å²) in [5.74, 6) is 0. The van der Waals surface area contributed by atoms with Crippen LogP contribution >= 0.6 is 0 Å². The molecule has 21 heavy (non-hydrogen) atoms. The third kappa shape index (κ3) is 2.68. The number of hydrogen-bond donors (Lipinski definition) is 1. The van der Waals surface area contributed by atoms with E-state index in [1.807, 2.05) is 18.2 Å². The lowest BCUT2D eigenvalue weighted by molar-refractivity contribution is -0.209. The molecule has 1 aromatic heterocycles. The molecular weight excluding hydrogens is 281 g/mol. The Bertz CT molecular complexity index is 644. The lowest BCUT2D eigenvalue weighted by Gasteiger charge is -2.31. The molecule has 3 rings (SSSR count). The summed E-state index contributed by atoms with van der Waals surface area (Å²) in [6.45, 7) is 0.522. The van der Waals surface area contributed by atoms with E-state index in [0.29, 0.717) is 25.1 Å². The predicted octanol–water partition coefficient (Wildman–Crippen LogP) is 3.13. The standard InChI is InChI=1S/C15H15F3N2O/c16-15(17,18)14(21)13-2-1-7-20(13)12-4-3-11-9-19-6-5-10(11)8-12/h3-6,8-9,13-14,21H,1-2,7H2/t13-,14+/m1/s1. The number of pyridine rings is 1. The molecule has 1 fully saturated rings. The molecule has 6 heteroatoms.